The molecule has 41 heavy (non-hydrogen) atoms. The molecule has 0 radical (unpaired) electrons. The van der Waals surface area contributed by atoms with E-state index in [0.29, 0.717) is 25.3 Å². The van der Waals surface area contributed by atoms with Crippen LogP contribution < -0.4 is 21.7 Å². The molecule has 0 aromatic carbocycles. The van der Waals surface area contributed by atoms with Crippen LogP contribution >= 0.6 is 0 Å². The zero-order chi connectivity index (χ0) is 30.5. The molecule has 0 spiro atoms. The van der Waals surface area contributed by atoms with Crippen molar-refractivity contribution in [3.05, 3.63) is 0 Å². The molecule has 10 nitrogen and oxygen atoms in total. The molecule has 0 aromatic heterocycles. The molecule has 2 saturated carbocycles. The Balaban J connectivity index is 1.82. The lowest BCUT2D eigenvalue weighted by Crippen LogP contribution is -2.62. The predicted molar refractivity (Wildman–Crippen MR) is 158 cm³/mol. The van der Waals surface area contributed by atoms with E-state index in [1.54, 1.807) is 4.90 Å². The number of carbonyl (C=O) groups is 5. The van der Waals surface area contributed by atoms with Gasteiger partial charge in [0.1, 0.15) is 12.1 Å². The van der Waals surface area contributed by atoms with E-state index in [1.807, 2.05) is 27.7 Å². The van der Waals surface area contributed by atoms with Crippen LogP contribution in [-0.4, -0.2) is 64.6 Å². The highest BCUT2D eigenvalue weighted by molar-refractivity contribution is 6.37. The fraction of sp³-hybridized carbons (Fsp3) is 0.839. The highest BCUT2D eigenvalue weighted by Crippen LogP contribution is 2.34. The van der Waals surface area contributed by atoms with Crippen molar-refractivity contribution in [1.82, 2.24) is 20.9 Å². The number of rotatable bonds is 11. The van der Waals surface area contributed by atoms with Gasteiger partial charge in [-0.15, -0.1) is 0 Å². The zero-order valence-corrected chi connectivity index (χ0v) is 26.0. The molecule has 1 aliphatic heterocycles. The van der Waals surface area contributed by atoms with Crippen molar-refractivity contribution in [3.63, 3.8) is 0 Å². The zero-order valence-electron chi connectivity index (χ0n) is 26.0. The molecule has 10 heteroatoms. The minimum absolute atomic E-state index is 0.109. The lowest BCUT2D eigenvalue weighted by atomic mass is 9.80. The second-order valence-corrected chi connectivity index (χ2v) is 14.5. The normalized spacial score (nSPS) is 24.2. The highest BCUT2D eigenvalue weighted by atomic mass is 16.2. The molecule has 3 rings (SSSR count). The van der Waals surface area contributed by atoms with Gasteiger partial charge in [0.25, 0.3) is 5.91 Å². The molecule has 4 atom stereocenters. The topological polar surface area (TPSA) is 151 Å². The smallest absolute Gasteiger partial charge is 0.315 e. The summed E-state index contributed by atoms with van der Waals surface area (Å²) >= 11 is 0. The predicted octanol–water partition coefficient (Wildman–Crippen LogP) is 3.42. The maximum Gasteiger partial charge on any atom is 0.315 e. The third kappa shape index (κ3) is 8.67. The number of urea groups is 1. The van der Waals surface area contributed by atoms with Crippen LogP contribution in [0.2, 0.25) is 0 Å². The molecule has 5 N–H and O–H groups in total. The first-order chi connectivity index (χ1) is 19.1. The monoisotopic (exact) mass is 575 g/mol. The summed E-state index contributed by atoms with van der Waals surface area (Å²) in [5, 5.41) is 8.88. The number of Topliss-reactive ketones (excluding diaryl/α,β-unsaturated/α-hetero) is 1. The molecule has 3 aliphatic rings. The summed E-state index contributed by atoms with van der Waals surface area (Å²) in [6.45, 7) is 12.3. The van der Waals surface area contributed by atoms with E-state index in [2.05, 4.69) is 29.8 Å². The minimum Gasteiger partial charge on any atom is -0.363 e. The van der Waals surface area contributed by atoms with E-state index in [-0.39, 0.29) is 29.3 Å². The first kappa shape index (κ1) is 32.9. The summed E-state index contributed by atoms with van der Waals surface area (Å²) in [4.78, 5) is 67.3. The standard InChI is InChI=1S/C31H53N5O5/c1-19(2)17-21-13-16-36(23(21)27(39)33-22(24(37)26(32)38)18-20-11-10-12-20)28(40)25(30(3,4)5)34-29(41)35-31(6)14-8-7-9-15-31/h19-23,25H,7-18H2,1-6H3,(H2,32,38)(H,33,39)(H2,34,35,41). The van der Waals surface area contributed by atoms with Crippen LogP contribution in [-0.2, 0) is 19.2 Å². The molecule has 1 heterocycles. The number of nitrogens with zero attached hydrogens (tertiary/aromatic N) is 1. The Bertz CT molecular complexity index is 980. The third-order valence-corrected chi connectivity index (χ3v) is 9.28. The molecule has 4 unspecified atom stereocenters. The lowest BCUT2D eigenvalue weighted by Gasteiger charge is -2.39. The first-order valence-electron chi connectivity index (χ1n) is 15.6. The lowest BCUT2D eigenvalue weighted by molar-refractivity contribution is -0.144. The van der Waals surface area contributed by atoms with E-state index < -0.39 is 41.1 Å². The van der Waals surface area contributed by atoms with Gasteiger partial charge in [-0.1, -0.05) is 73.1 Å². The fourth-order valence-corrected chi connectivity index (χ4v) is 6.75. The Morgan fingerprint density at radius 3 is 2.07 bits per heavy atom. The van der Waals surface area contributed by atoms with Crippen molar-refractivity contribution in [1.29, 1.82) is 0 Å². The average molecular weight is 576 g/mol. The highest BCUT2D eigenvalue weighted by Gasteiger charge is 2.47. The van der Waals surface area contributed by atoms with Gasteiger partial charge < -0.3 is 26.6 Å². The first-order valence-corrected chi connectivity index (χ1v) is 15.6. The van der Waals surface area contributed by atoms with Gasteiger partial charge in [0.05, 0.1) is 6.04 Å². The van der Waals surface area contributed by atoms with Gasteiger partial charge in [0.2, 0.25) is 17.6 Å². The molecule has 5 amide bonds. The van der Waals surface area contributed by atoms with Gasteiger partial charge in [-0.3, -0.25) is 19.2 Å². The maximum atomic E-state index is 14.2. The molecule has 0 bridgehead atoms. The van der Waals surface area contributed by atoms with E-state index in [4.69, 9.17) is 5.73 Å². The van der Waals surface area contributed by atoms with Crippen LogP contribution in [0.3, 0.4) is 0 Å². The van der Waals surface area contributed by atoms with Gasteiger partial charge in [-0.25, -0.2) is 4.79 Å². The number of likely N-dealkylation sites (tertiary alicyclic amines) is 1. The number of carbonyl (C=O) groups excluding carboxylic acids is 5. The minimum atomic E-state index is -1.07. The van der Waals surface area contributed by atoms with Crippen LogP contribution in [0, 0.1) is 23.2 Å². The largest absolute Gasteiger partial charge is 0.363 e. The quantitative estimate of drug-likeness (QED) is 0.278. The second-order valence-electron chi connectivity index (χ2n) is 14.5. The third-order valence-electron chi connectivity index (χ3n) is 9.28. The van der Waals surface area contributed by atoms with E-state index in [1.165, 1.54) is 0 Å². The van der Waals surface area contributed by atoms with Crippen molar-refractivity contribution in [2.75, 3.05) is 6.54 Å². The Morgan fingerprint density at radius 1 is 0.927 bits per heavy atom. The van der Waals surface area contributed by atoms with Crippen LogP contribution in [0.4, 0.5) is 4.79 Å². The molecule has 232 valence electrons. The second kappa shape index (κ2) is 13.6. The summed E-state index contributed by atoms with van der Waals surface area (Å²) in [6.07, 6.45) is 9.75. The Hall–Kier alpha value is -2.65. The van der Waals surface area contributed by atoms with Gasteiger partial charge in [0, 0.05) is 12.1 Å². The molecular weight excluding hydrogens is 522 g/mol. The number of nitrogens with two attached hydrogens (primary N) is 1. The summed E-state index contributed by atoms with van der Waals surface area (Å²) in [6, 6.07) is -3.05. The summed E-state index contributed by atoms with van der Waals surface area (Å²) < 4.78 is 0. The van der Waals surface area contributed by atoms with E-state index >= 15 is 0 Å². The number of ketones is 1. The van der Waals surface area contributed by atoms with E-state index in [0.717, 1.165) is 57.8 Å². The van der Waals surface area contributed by atoms with Crippen molar-refractivity contribution < 1.29 is 24.0 Å². The maximum absolute atomic E-state index is 14.2. The van der Waals surface area contributed by atoms with Crippen molar-refractivity contribution >= 4 is 29.5 Å². The molecule has 3 fully saturated rings. The number of nitrogens with one attached hydrogen (secondary N) is 3. The van der Waals surface area contributed by atoms with Gasteiger partial charge in [-0.2, -0.15) is 0 Å². The summed E-state index contributed by atoms with van der Waals surface area (Å²) in [5.74, 6) is -2.18. The Kier molecular flexibility index (Phi) is 10.9. The van der Waals surface area contributed by atoms with Crippen molar-refractivity contribution in [2.45, 2.75) is 136 Å². The van der Waals surface area contributed by atoms with Crippen LogP contribution in [0.25, 0.3) is 0 Å². The summed E-state index contributed by atoms with van der Waals surface area (Å²) in [5.41, 5.74) is 4.40. The number of amides is 5. The fourth-order valence-electron chi connectivity index (χ4n) is 6.75. The molecule has 1 saturated heterocycles. The number of hydrogen-bond donors (Lipinski definition) is 4. The Morgan fingerprint density at radius 2 is 1.56 bits per heavy atom. The SMILES string of the molecule is CC(C)CC1CCN(C(=O)C(NC(=O)NC2(C)CCCCC2)C(C)(C)C)C1C(=O)NC(CC1CCC1)C(=O)C(N)=O. The van der Waals surface area contributed by atoms with E-state index in [9.17, 15) is 24.0 Å². The van der Waals surface area contributed by atoms with Gasteiger partial charge in [-0.05, 0) is 62.2 Å². The number of primary amides is 1. The molecule has 0 aromatic rings. The average Bonchev–Trinajstić information content (AvgIpc) is 3.25. The van der Waals surface area contributed by atoms with Crippen LogP contribution in [0.15, 0.2) is 0 Å². The van der Waals surface area contributed by atoms with Gasteiger partial charge in [0.15, 0.2) is 0 Å². The number of hydrogen-bond acceptors (Lipinski definition) is 5. The molecular formula is C31H53N5O5. The van der Waals surface area contributed by atoms with Gasteiger partial charge >= 0.3 is 6.03 Å². The van der Waals surface area contributed by atoms with Crippen LogP contribution in [0.5, 0.6) is 0 Å². The molecule has 2 aliphatic carbocycles. The van der Waals surface area contributed by atoms with Crippen LogP contribution in [0.1, 0.15) is 112 Å². The van der Waals surface area contributed by atoms with Crippen molar-refractivity contribution in [2.24, 2.45) is 28.9 Å². The summed E-state index contributed by atoms with van der Waals surface area (Å²) in [7, 11) is 0. The Labute approximate surface area is 245 Å². The van der Waals surface area contributed by atoms with Crippen molar-refractivity contribution in [3.8, 4) is 0 Å².